The van der Waals surface area contributed by atoms with E-state index in [1.807, 2.05) is 6.07 Å². The average molecular weight is 252 g/mol. The Morgan fingerprint density at radius 3 is 2.76 bits per heavy atom. The molecule has 0 saturated heterocycles. The number of alkyl halides is 1. The summed E-state index contributed by atoms with van der Waals surface area (Å²) < 4.78 is 1.65. The van der Waals surface area contributed by atoms with Gasteiger partial charge in [0.2, 0.25) is 0 Å². The van der Waals surface area contributed by atoms with Crippen LogP contribution in [0, 0.1) is 17.0 Å². The fourth-order valence-electron chi connectivity index (χ4n) is 1.56. The van der Waals surface area contributed by atoms with E-state index >= 15 is 0 Å². The molecule has 0 atom stereocenters. The van der Waals surface area contributed by atoms with Crippen LogP contribution in [0.5, 0.6) is 0 Å². The van der Waals surface area contributed by atoms with Gasteiger partial charge in [0.25, 0.3) is 5.69 Å². The predicted molar refractivity (Wildman–Crippen MR) is 64.5 cm³/mol. The molecule has 88 valence electrons. The zero-order valence-electron chi connectivity index (χ0n) is 9.13. The third kappa shape index (κ3) is 2.29. The lowest BCUT2D eigenvalue weighted by Gasteiger charge is -2.03. The Morgan fingerprint density at radius 1 is 1.47 bits per heavy atom. The SMILES string of the molecule is Cc1cc(-n2ccc(CCl)n2)ccc1[N+](=O)[O-]. The highest BCUT2D eigenvalue weighted by Crippen LogP contribution is 2.20. The molecule has 0 aliphatic heterocycles. The van der Waals surface area contributed by atoms with Gasteiger partial charge >= 0.3 is 0 Å². The maximum Gasteiger partial charge on any atom is 0.272 e. The number of hydrogen-bond donors (Lipinski definition) is 0. The number of aryl methyl sites for hydroxylation is 1. The minimum Gasteiger partial charge on any atom is -0.258 e. The minimum atomic E-state index is -0.396. The van der Waals surface area contributed by atoms with Crippen LogP contribution in [-0.2, 0) is 5.88 Å². The number of nitro benzene ring substituents is 1. The molecule has 1 heterocycles. The van der Waals surface area contributed by atoms with E-state index in [2.05, 4.69) is 5.10 Å². The van der Waals surface area contributed by atoms with E-state index < -0.39 is 4.92 Å². The standard InChI is InChI=1S/C11H10ClN3O2/c1-8-6-10(2-3-11(8)15(16)17)14-5-4-9(7-12)13-14/h2-6H,7H2,1H3. The molecule has 5 nitrogen and oxygen atoms in total. The highest BCUT2D eigenvalue weighted by molar-refractivity contribution is 6.16. The van der Waals surface area contributed by atoms with Gasteiger partial charge in [-0.25, -0.2) is 4.68 Å². The molecule has 0 fully saturated rings. The smallest absolute Gasteiger partial charge is 0.258 e. The van der Waals surface area contributed by atoms with E-state index in [0.29, 0.717) is 11.4 Å². The fourth-order valence-corrected chi connectivity index (χ4v) is 1.71. The summed E-state index contributed by atoms with van der Waals surface area (Å²) in [5.41, 5.74) is 2.26. The van der Waals surface area contributed by atoms with Crippen LogP contribution in [0.2, 0.25) is 0 Å². The van der Waals surface area contributed by atoms with E-state index in [-0.39, 0.29) is 5.69 Å². The minimum absolute atomic E-state index is 0.110. The van der Waals surface area contributed by atoms with Crippen LogP contribution in [0.3, 0.4) is 0 Å². The molecule has 2 rings (SSSR count). The first-order chi connectivity index (χ1) is 8.11. The van der Waals surface area contributed by atoms with Gasteiger partial charge in [0, 0.05) is 17.8 Å². The van der Waals surface area contributed by atoms with Crippen LogP contribution < -0.4 is 0 Å². The Kier molecular flexibility index (Phi) is 3.10. The van der Waals surface area contributed by atoms with Crippen molar-refractivity contribution in [2.75, 3.05) is 0 Å². The lowest BCUT2D eigenvalue weighted by atomic mass is 10.2. The van der Waals surface area contributed by atoms with Crippen molar-refractivity contribution in [3.05, 3.63) is 51.8 Å². The molecule has 6 heteroatoms. The highest BCUT2D eigenvalue weighted by atomic mass is 35.5. The van der Waals surface area contributed by atoms with Gasteiger partial charge in [0.15, 0.2) is 0 Å². The summed E-state index contributed by atoms with van der Waals surface area (Å²) in [5, 5.41) is 14.9. The van der Waals surface area contributed by atoms with Crippen molar-refractivity contribution in [3.63, 3.8) is 0 Å². The van der Waals surface area contributed by atoms with Crippen LogP contribution in [-0.4, -0.2) is 14.7 Å². The molecule has 0 saturated carbocycles. The third-order valence-electron chi connectivity index (χ3n) is 2.42. The van der Waals surface area contributed by atoms with Gasteiger partial charge < -0.3 is 0 Å². The average Bonchev–Trinajstić information content (AvgIpc) is 2.76. The number of halogens is 1. The number of rotatable bonds is 3. The van der Waals surface area contributed by atoms with Crippen LogP contribution in [0.25, 0.3) is 5.69 Å². The highest BCUT2D eigenvalue weighted by Gasteiger charge is 2.11. The van der Waals surface area contributed by atoms with E-state index in [1.54, 1.807) is 29.9 Å². The Morgan fingerprint density at radius 2 is 2.24 bits per heavy atom. The number of hydrogen-bond acceptors (Lipinski definition) is 3. The number of benzene rings is 1. The van der Waals surface area contributed by atoms with Crippen LogP contribution in [0.1, 0.15) is 11.3 Å². The summed E-state index contributed by atoms with van der Waals surface area (Å²) in [4.78, 5) is 10.3. The molecule has 0 unspecified atom stereocenters. The molecule has 17 heavy (non-hydrogen) atoms. The summed E-state index contributed by atoms with van der Waals surface area (Å²) in [6.45, 7) is 1.70. The maximum atomic E-state index is 10.7. The van der Waals surface area contributed by atoms with Crippen molar-refractivity contribution < 1.29 is 4.92 Å². The molecule has 0 bridgehead atoms. The van der Waals surface area contributed by atoms with Gasteiger partial charge in [-0.3, -0.25) is 10.1 Å². The van der Waals surface area contributed by atoms with Gasteiger partial charge in [0.1, 0.15) is 0 Å². The maximum absolute atomic E-state index is 10.7. The number of nitrogens with zero attached hydrogens (tertiary/aromatic N) is 3. The van der Waals surface area contributed by atoms with Crippen molar-refractivity contribution >= 4 is 17.3 Å². The first-order valence-electron chi connectivity index (χ1n) is 4.98. The van der Waals surface area contributed by atoms with Crippen molar-refractivity contribution in [3.8, 4) is 5.69 Å². The molecule has 0 spiro atoms. The van der Waals surface area contributed by atoms with Gasteiger partial charge in [-0.05, 0) is 25.1 Å². The predicted octanol–water partition coefficient (Wildman–Crippen LogP) is 2.83. The van der Waals surface area contributed by atoms with E-state index in [0.717, 1.165) is 11.4 Å². The molecule has 0 aliphatic carbocycles. The zero-order chi connectivity index (χ0) is 12.4. The molecular formula is C11H10ClN3O2. The molecule has 0 aliphatic rings. The van der Waals surface area contributed by atoms with E-state index in [9.17, 15) is 10.1 Å². The van der Waals surface area contributed by atoms with Crippen LogP contribution in [0.4, 0.5) is 5.69 Å². The number of nitro groups is 1. The van der Waals surface area contributed by atoms with Crippen LogP contribution in [0.15, 0.2) is 30.5 Å². The Bertz CT molecular complexity index is 566. The Hall–Kier alpha value is -1.88. The quantitative estimate of drug-likeness (QED) is 0.479. The second kappa shape index (κ2) is 4.55. The summed E-state index contributed by atoms with van der Waals surface area (Å²) in [6, 6.07) is 6.68. The first-order valence-corrected chi connectivity index (χ1v) is 5.51. The lowest BCUT2D eigenvalue weighted by molar-refractivity contribution is -0.385. The molecule has 1 aromatic heterocycles. The summed E-state index contributed by atoms with van der Waals surface area (Å²) >= 11 is 5.66. The van der Waals surface area contributed by atoms with Crippen molar-refractivity contribution in [1.29, 1.82) is 0 Å². The van der Waals surface area contributed by atoms with Crippen LogP contribution >= 0.6 is 11.6 Å². The van der Waals surface area contributed by atoms with Gasteiger partial charge in [0.05, 0.1) is 22.2 Å². The fraction of sp³-hybridized carbons (Fsp3) is 0.182. The van der Waals surface area contributed by atoms with E-state index in [4.69, 9.17) is 11.6 Å². The largest absolute Gasteiger partial charge is 0.272 e. The number of aromatic nitrogens is 2. The molecule has 0 N–H and O–H groups in total. The van der Waals surface area contributed by atoms with Gasteiger partial charge in [-0.15, -0.1) is 11.6 Å². The zero-order valence-corrected chi connectivity index (χ0v) is 9.89. The second-order valence-electron chi connectivity index (χ2n) is 3.61. The van der Waals surface area contributed by atoms with Crippen molar-refractivity contribution in [2.45, 2.75) is 12.8 Å². The molecule has 0 radical (unpaired) electrons. The Labute approximate surface area is 103 Å². The first kappa shape index (κ1) is 11.6. The van der Waals surface area contributed by atoms with E-state index in [1.165, 1.54) is 6.07 Å². The van der Waals surface area contributed by atoms with Gasteiger partial charge in [-0.2, -0.15) is 5.10 Å². The third-order valence-corrected chi connectivity index (χ3v) is 2.70. The summed E-state index contributed by atoms with van der Waals surface area (Å²) in [6.07, 6.45) is 1.78. The normalized spacial score (nSPS) is 10.5. The van der Waals surface area contributed by atoms with Gasteiger partial charge in [-0.1, -0.05) is 0 Å². The van der Waals surface area contributed by atoms with Crippen molar-refractivity contribution in [2.24, 2.45) is 0 Å². The second-order valence-corrected chi connectivity index (χ2v) is 3.88. The lowest BCUT2D eigenvalue weighted by Crippen LogP contribution is -1.98. The molecule has 1 aromatic carbocycles. The summed E-state index contributed by atoms with van der Waals surface area (Å²) in [7, 11) is 0. The molecular weight excluding hydrogens is 242 g/mol. The van der Waals surface area contributed by atoms with Crippen molar-refractivity contribution in [1.82, 2.24) is 9.78 Å². The Balaban J connectivity index is 2.40. The topological polar surface area (TPSA) is 61.0 Å². The molecule has 0 amide bonds. The molecule has 2 aromatic rings. The summed E-state index contributed by atoms with van der Waals surface area (Å²) in [5.74, 6) is 0.346. The monoisotopic (exact) mass is 251 g/mol.